The van der Waals surface area contributed by atoms with Crippen LogP contribution in [0.15, 0.2) is 30.9 Å². The standard InChI is InChI=1S/C12H15NO2/c1-4-10(5-2)15-12(14)11-8-6-7-9(3)13-11/h4,6-8,10H,1,5H2,2-3H3/t10-/m0/s1. The second kappa shape index (κ2) is 5.29. The average Bonchev–Trinajstić information content (AvgIpc) is 2.25. The molecule has 1 rings (SSSR count). The minimum Gasteiger partial charge on any atom is -0.453 e. The van der Waals surface area contributed by atoms with Crippen molar-refractivity contribution in [3.63, 3.8) is 0 Å². The number of nitrogens with zero attached hydrogens (tertiary/aromatic N) is 1. The van der Waals surface area contributed by atoms with E-state index in [0.717, 1.165) is 12.1 Å². The van der Waals surface area contributed by atoms with E-state index in [9.17, 15) is 4.79 Å². The van der Waals surface area contributed by atoms with Crippen molar-refractivity contribution in [1.29, 1.82) is 0 Å². The Morgan fingerprint density at radius 3 is 2.93 bits per heavy atom. The monoisotopic (exact) mass is 205 g/mol. The van der Waals surface area contributed by atoms with Crippen LogP contribution in [0.5, 0.6) is 0 Å². The predicted molar refractivity (Wildman–Crippen MR) is 58.7 cm³/mol. The molecule has 0 fully saturated rings. The number of carbonyl (C=O) groups is 1. The summed E-state index contributed by atoms with van der Waals surface area (Å²) in [5, 5.41) is 0. The SMILES string of the molecule is C=C[C@@H](CC)OC(=O)c1cccc(C)n1. The molecule has 0 aromatic carbocycles. The molecule has 0 bridgehead atoms. The van der Waals surface area contributed by atoms with Gasteiger partial charge in [-0.1, -0.05) is 25.6 Å². The molecule has 1 aromatic heterocycles. The van der Waals surface area contributed by atoms with Gasteiger partial charge in [0.1, 0.15) is 11.8 Å². The lowest BCUT2D eigenvalue weighted by molar-refractivity contribution is 0.0382. The molecule has 0 aliphatic carbocycles. The van der Waals surface area contributed by atoms with E-state index in [4.69, 9.17) is 4.74 Å². The molecule has 0 saturated carbocycles. The van der Waals surface area contributed by atoms with Gasteiger partial charge < -0.3 is 4.74 Å². The minimum absolute atomic E-state index is 0.236. The van der Waals surface area contributed by atoms with Crippen LogP contribution in [-0.4, -0.2) is 17.1 Å². The molecule has 1 heterocycles. The highest BCUT2D eigenvalue weighted by Crippen LogP contribution is 2.05. The summed E-state index contributed by atoms with van der Waals surface area (Å²) in [5.41, 5.74) is 1.14. The predicted octanol–water partition coefficient (Wildman–Crippen LogP) is 2.51. The van der Waals surface area contributed by atoms with Crippen LogP contribution in [0.1, 0.15) is 29.5 Å². The lowest BCUT2D eigenvalue weighted by Gasteiger charge is -2.11. The maximum Gasteiger partial charge on any atom is 0.357 e. The summed E-state index contributed by atoms with van der Waals surface area (Å²) >= 11 is 0. The number of pyridine rings is 1. The second-order valence-corrected chi connectivity index (χ2v) is 3.25. The summed E-state index contributed by atoms with van der Waals surface area (Å²) < 4.78 is 5.17. The molecule has 0 saturated heterocycles. The van der Waals surface area contributed by atoms with E-state index in [1.807, 2.05) is 19.9 Å². The Kier molecular flexibility index (Phi) is 4.03. The molecular formula is C12H15NO2. The first-order chi connectivity index (χ1) is 7.17. The van der Waals surface area contributed by atoms with Crippen LogP contribution in [0.3, 0.4) is 0 Å². The largest absolute Gasteiger partial charge is 0.453 e. The lowest BCUT2D eigenvalue weighted by atomic mass is 10.2. The number of ether oxygens (including phenoxy) is 1. The summed E-state index contributed by atoms with van der Waals surface area (Å²) in [5.74, 6) is -0.398. The van der Waals surface area contributed by atoms with Crippen LogP contribution in [0, 0.1) is 6.92 Å². The van der Waals surface area contributed by atoms with Crippen LogP contribution in [-0.2, 0) is 4.74 Å². The quantitative estimate of drug-likeness (QED) is 0.560. The van der Waals surface area contributed by atoms with Gasteiger partial charge in [0.25, 0.3) is 0 Å². The number of hydrogen-bond donors (Lipinski definition) is 0. The molecule has 3 heteroatoms. The second-order valence-electron chi connectivity index (χ2n) is 3.25. The minimum atomic E-state index is -0.398. The highest BCUT2D eigenvalue weighted by Gasteiger charge is 2.12. The van der Waals surface area contributed by atoms with Gasteiger partial charge in [-0.05, 0) is 25.5 Å². The van der Waals surface area contributed by atoms with Crippen LogP contribution in [0.2, 0.25) is 0 Å². The summed E-state index contributed by atoms with van der Waals surface area (Å²) in [6.07, 6.45) is 2.11. The molecule has 0 radical (unpaired) electrons. The highest BCUT2D eigenvalue weighted by molar-refractivity contribution is 5.87. The topological polar surface area (TPSA) is 39.2 Å². The fraction of sp³-hybridized carbons (Fsp3) is 0.333. The summed E-state index contributed by atoms with van der Waals surface area (Å²) in [7, 11) is 0. The van der Waals surface area contributed by atoms with Crippen molar-refractivity contribution >= 4 is 5.97 Å². The molecule has 0 unspecified atom stereocenters. The first-order valence-electron chi connectivity index (χ1n) is 4.94. The molecule has 80 valence electrons. The molecule has 1 atom stereocenters. The molecule has 0 aliphatic heterocycles. The lowest BCUT2D eigenvalue weighted by Crippen LogP contribution is -2.16. The normalized spacial score (nSPS) is 11.9. The van der Waals surface area contributed by atoms with Gasteiger partial charge >= 0.3 is 5.97 Å². The van der Waals surface area contributed by atoms with Crippen molar-refractivity contribution in [3.05, 3.63) is 42.2 Å². The van der Waals surface area contributed by atoms with Crippen LogP contribution < -0.4 is 0 Å². The number of carbonyl (C=O) groups excluding carboxylic acids is 1. The van der Waals surface area contributed by atoms with Gasteiger partial charge in [-0.3, -0.25) is 0 Å². The van der Waals surface area contributed by atoms with Crippen LogP contribution >= 0.6 is 0 Å². The molecular weight excluding hydrogens is 190 g/mol. The summed E-state index contributed by atoms with van der Waals surface area (Å²) in [6, 6.07) is 5.26. The third-order valence-corrected chi connectivity index (χ3v) is 2.02. The Balaban J connectivity index is 2.72. The maximum absolute atomic E-state index is 11.6. The molecule has 3 nitrogen and oxygen atoms in total. The number of aromatic nitrogens is 1. The zero-order valence-electron chi connectivity index (χ0n) is 9.06. The Labute approximate surface area is 89.8 Å². The van der Waals surface area contributed by atoms with E-state index < -0.39 is 5.97 Å². The molecule has 0 spiro atoms. The van der Waals surface area contributed by atoms with Crippen molar-refractivity contribution in [2.45, 2.75) is 26.4 Å². The molecule has 15 heavy (non-hydrogen) atoms. The fourth-order valence-corrected chi connectivity index (χ4v) is 1.15. The number of hydrogen-bond acceptors (Lipinski definition) is 3. The van der Waals surface area contributed by atoms with Crippen molar-refractivity contribution in [3.8, 4) is 0 Å². The first-order valence-corrected chi connectivity index (χ1v) is 4.94. The summed E-state index contributed by atoms with van der Waals surface area (Å²) in [6.45, 7) is 7.37. The Bertz CT molecular complexity index is 360. The first kappa shape index (κ1) is 11.4. The van der Waals surface area contributed by atoms with E-state index in [0.29, 0.717) is 5.69 Å². The Morgan fingerprint density at radius 1 is 1.67 bits per heavy atom. The highest BCUT2D eigenvalue weighted by atomic mass is 16.5. The van der Waals surface area contributed by atoms with E-state index in [2.05, 4.69) is 11.6 Å². The molecule has 0 N–H and O–H groups in total. The van der Waals surface area contributed by atoms with Crippen molar-refractivity contribution < 1.29 is 9.53 Å². The number of esters is 1. The van der Waals surface area contributed by atoms with Crippen molar-refractivity contribution in [2.24, 2.45) is 0 Å². The van der Waals surface area contributed by atoms with E-state index >= 15 is 0 Å². The number of rotatable bonds is 4. The fourth-order valence-electron chi connectivity index (χ4n) is 1.15. The van der Waals surface area contributed by atoms with Crippen LogP contribution in [0.25, 0.3) is 0 Å². The van der Waals surface area contributed by atoms with Gasteiger partial charge in [0.2, 0.25) is 0 Å². The molecule has 0 amide bonds. The van der Waals surface area contributed by atoms with E-state index in [1.54, 1.807) is 18.2 Å². The number of aryl methyl sites for hydroxylation is 1. The third-order valence-electron chi connectivity index (χ3n) is 2.02. The van der Waals surface area contributed by atoms with Gasteiger partial charge in [0, 0.05) is 5.69 Å². The Hall–Kier alpha value is -1.64. The summed E-state index contributed by atoms with van der Waals surface area (Å²) in [4.78, 5) is 15.7. The Morgan fingerprint density at radius 2 is 2.40 bits per heavy atom. The van der Waals surface area contributed by atoms with Crippen molar-refractivity contribution in [2.75, 3.05) is 0 Å². The van der Waals surface area contributed by atoms with Gasteiger partial charge in [0.05, 0.1) is 0 Å². The van der Waals surface area contributed by atoms with Gasteiger partial charge in [-0.15, -0.1) is 0 Å². The molecule has 1 aromatic rings. The van der Waals surface area contributed by atoms with Gasteiger partial charge in [-0.25, -0.2) is 9.78 Å². The van der Waals surface area contributed by atoms with Gasteiger partial charge in [0.15, 0.2) is 0 Å². The molecule has 0 aliphatic rings. The van der Waals surface area contributed by atoms with Crippen LogP contribution in [0.4, 0.5) is 0 Å². The average molecular weight is 205 g/mol. The van der Waals surface area contributed by atoms with E-state index in [1.165, 1.54) is 0 Å². The zero-order chi connectivity index (χ0) is 11.3. The smallest absolute Gasteiger partial charge is 0.357 e. The van der Waals surface area contributed by atoms with E-state index in [-0.39, 0.29) is 6.10 Å². The van der Waals surface area contributed by atoms with Crippen molar-refractivity contribution in [1.82, 2.24) is 4.98 Å². The zero-order valence-corrected chi connectivity index (χ0v) is 9.06. The maximum atomic E-state index is 11.6. The van der Waals surface area contributed by atoms with Gasteiger partial charge in [-0.2, -0.15) is 0 Å². The third kappa shape index (κ3) is 3.20.